The number of aromatic amines is 1. The summed E-state index contributed by atoms with van der Waals surface area (Å²) in [6.45, 7) is 1.83. The third-order valence-corrected chi connectivity index (χ3v) is 5.23. The van der Waals surface area contributed by atoms with Gasteiger partial charge >= 0.3 is 0 Å². The smallest absolute Gasteiger partial charge is 0.275 e. The number of carbonyl (C=O) groups is 1. The number of amides is 1. The van der Waals surface area contributed by atoms with Gasteiger partial charge in [-0.1, -0.05) is 0 Å². The largest absolute Gasteiger partial charge is 0.373 e. The molecule has 140 valence electrons. The standard InChI is InChI=1S/C18H26N6O2/c1-22(2)11-15-17(12-9-19-23(3)10-12)24(7-8-26-15)18(25)16-13-5-4-6-14(13)20-21-16/h9-10,15,17H,4-8,11H2,1-3H3,(H,20,21)/t15-,17-/m0/s1. The normalized spacial score (nSPS) is 22.8. The molecule has 4 rings (SSSR count). The van der Waals surface area contributed by atoms with Crippen LogP contribution >= 0.6 is 0 Å². The Morgan fingerprint density at radius 1 is 1.42 bits per heavy atom. The van der Waals surface area contributed by atoms with Crippen LogP contribution in [0.4, 0.5) is 0 Å². The quantitative estimate of drug-likeness (QED) is 0.874. The molecule has 26 heavy (non-hydrogen) atoms. The van der Waals surface area contributed by atoms with Gasteiger partial charge in [-0.15, -0.1) is 0 Å². The first-order chi connectivity index (χ1) is 12.5. The van der Waals surface area contributed by atoms with E-state index < -0.39 is 0 Å². The molecule has 8 nitrogen and oxygen atoms in total. The van der Waals surface area contributed by atoms with Crippen molar-refractivity contribution < 1.29 is 9.53 Å². The molecular formula is C18H26N6O2. The summed E-state index contributed by atoms with van der Waals surface area (Å²) in [5.74, 6) is -0.00897. The summed E-state index contributed by atoms with van der Waals surface area (Å²) >= 11 is 0. The highest BCUT2D eigenvalue weighted by Crippen LogP contribution is 2.32. The van der Waals surface area contributed by atoms with Gasteiger partial charge in [0, 0.05) is 43.2 Å². The number of likely N-dealkylation sites (N-methyl/N-ethyl adjacent to an activating group) is 1. The van der Waals surface area contributed by atoms with E-state index in [0.29, 0.717) is 18.8 Å². The van der Waals surface area contributed by atoms with Crippen LogP contribution in [0.1, 0.15) is 39.8 Å². The molecule has 0 bridgehead atoms. The maximum Gasteiger partial charge on any atom is 0.275 e. The van der Waals surface area contributed by atoms with Gasteiger partial charge in [0.05, 0.1) is 24.9 Å². The number of nitrogens with one attached hydrogen (secondary N) is 1. The van der Waals surface area contributed by atoms with Gasteiger partial charge in [-0.3, -0.25) is 14.6 Å². The van der Waals surface area contributed by atoms with Crippen molar-refractivity contribution in [1.29, 1.82) is 0 Å². The Bertz CT molecular complexity index is 795. The third kappa shape index (κ3) is 3.03. The lowest BCUT2D eigenvalue weighted by atomic mass is 9.99. The highest BCUT2D eigenvalue weighted by atomic mass is 16.5. The summed E-state index contributed by atoms with van der Waals surface area (Å²) in [6.07, 6.45) is 6.69. The molecule has 2 aromatic heterocycles. The Labute approximate surface area is 153 Å². The van der Waals surface area contributed by atoms with Crippen LogP contribution in [-0.2, 0) is 24.6 Å². The van der Waals surface area contributed by atoms with Crippen LogP contribution in [-0.4, -0.2) is 75.6 Å². The first kappa shape index (κ1) is 17.2. The maximum atomic E-state index is 13.4. The zero-order valence-corrected chi connectivity index (χ0v) is 15.6. The fraction of sp³-hybridized carbons (Fsp3) is 0.611. The molecule has 1 saturated heterocycles. The van der Waals surface area contributed by atoms with E-state index in [0.717, 1.165) is 42.6 Å². The van der Waals surface area contributed by atoms with E-state index in [2.05, 4.69) is 20.2 Å². The molecule has 2 aromatic rings. The number of carbonyl (C=O) groups excluding carboxylic acids is 1. The topological polar surface area (TPSA) is 79.3 Å². The molecule has 1 amide bonds. The van der Waals surface area contributed by atoms with Gasteiger partial charge in [-0.25, -0.2) is 0 Å². The second-order valence-corrected chi connectivity index (χ2v) is 7.45. The number of hydrogen-bond donors (Lipinski definition) is 1. The maximum absolute atomic E-state index is 13.4. The summed E-state index contributed by atoms with van der Waals surface area (Å²) in [6, 6.07) is -0.166. The number of H-pyrrole nitrogens is 1. The predicted octanol–water partition coefficient (Wildman–Crippen LogP) is 0.776. The van der Waals surface area contributed by atoms with E-state index in [4.69, 9.17) is 4.74 Å². The van der Waals surface area contributed by atoms with E-state index in [-0.39, 0.29) is 18.1 Å². The Morgan fingerprint density at radius 2 is 2.27 bits per heavy atom. The summed E-state index contributed by atoms with van der Waals surface area (Å²) in [7, 11) is 5.93. The van der Waals surface area contributed by atoms with E-state index >= 15 is 0 Å². The molecule has 1 fully saturated rings. The van der Waals surface area contributed by atoms with Crippen molar-refractivity contribution in [3.05, 3.63) is 34.9 Å². The van der Waals surface area contributed by atoms with Gasteiger partial charge in [0.2, 0.25) is 0 Å². The van der Waals surface area contributed by atoms with Crippen LogP contribution in [0.25, 0.3) is 0 Å². The lowest BCUT2D eigenvalue weighted by molar-refractivity contribution is -0.0686. The number of hydrogen-bond acceptors (Lipinski definition) is 5. The average Bonchev–Trinajstić information content (AvgIpc) is 3.30. The zero-order chi connectivity index (χ0) is 18.3. The molecule has 0 radical (unpaired) electrons. The Morgan fingerprint density at radius 3 is 3.00 bits per heavy atom. The molecule has 0 spiro atoms. The van der Waals surface area contributed by atoms with Crippen molar-refractivity contribution in [2.75, 3.05) is 33.8 Å². The summed E-state index contributed by atoms with van der Waals surface area (Å²) in [5.41, 5.74) is 3.79. The monoisotopic (exact) mass is 358 g/mol. The Balaban J connectivity index is 1.68. The fourth-order valence-corrected chi connectivity index (χ4v) is 4.09. The van der Waals surface area contributed by atoms with Gasteiger partial charge in [-0.2, -0.15) is 10.2 Å². The second kappa shape index (κ2) is 6.85. The first-order valence-corrected chi connectivity index (χ1v) is 9.16. The first-order valence-electron chi connectivity index (χ1n) is 9.16. The molecule has 2 atom stereocenters. The molecule has 1 aliphatic carbocycles. The number of ether oxygens (including phenoxy) is 1. The minimum atomic E-state index is -0.166. The molecule has 2 aliphatic rings. The summed E-state index contributed by atoms with van der Waals surface area (Å²) in [5, 5.41) is 11.7. The van der Waals surface area contributed by atoms with Crippen LogP contribution in [0, 0.1) is 0 Å². The molecular weight excluding hydrogens is 332 g/mol. The highest BCUT2D eigenvalue weighted by Gasteiger charge is 2.39. The Hall–Kier alpha value is -2.19. The van der Waals surface area contributed by atoms with Crippen LogP contribution < -0.4 is 0 Å². The number of aryl methyl sites for hydroxylation is 2. The van der Waals surface area contributed by atoms with E-state index in [9.17, 15) is 4.79 Å². The number of rotatable bonds is 4. The average molecular weight is 358 g/mol. The van der Waals surface area contributed by atoms with Crippen LogP contribution in [0.2, 0.25) is 0 Å². The minimum absolute atomic E-state index is 0.00897. The zero-order valence-electron chi connectivity index (χ0n) is 15.6. The van der Waals surface area contributed by atoms with E-state index in [1.807, 2.05) is 38.4 Å². The predicted molar refractivity (Wildman–Crippen MR) is 95.9 cm³/mol. The number of aromatic nitrogens is 4. The molecule has 0 aromatic carbocycles. The van der Waals surface area contributed by atoms with Crippen LogP contribution in [0.3, 0.4) is 0 Å². The summed E-state index contributed by atoms with van der Waals surface area (Å²) in [4.78, 5) is 17.4. The lowest BCUT2D eigenvalue weighted by Gasteiger charge is -2.41. The minimum Gasteiger partial charge on any atom is -0.373 e. The van der Waals surface area contributed by atoms with Crippen LogP contribution in [0.15, 0.2) is 12.4 Å². The fourth-order valence-electron chi connectivity index (χ4n) is 4.09. The van der Waals surface area contributed by atoms with Crippen molar-refractivity contribution >= 4 is 5.91 Å². The molecule has 8 heteroatoms. The molecule has 0 saturated carbocycles. The van der Waals surface area contributed by atoms with Gasteiger partial charge < -0.3 is 14.5 Å². The number of fused-ring (bicyclic) bond motifs is 1. The van der Waals surface area contributed by atoms with Crippen molar-refractivity contribution in [2.45, 2.75) is 31.4 Å². The second-order valence-electron chi connectivity index (χ2n) is 7.45. The molecule has 3 heterocycles. The van der Waals surface area contributed by atoms with Gasteiger partial charge in [0.1, 0.15) is 0 Å². The molecule has 1 N–H and O–H groups in total. The highest BCUT2D eigenvalue weighted by molar-refractivity contribution is 5.94. The molecule has 1 aliphatic heterocycles. The van der Waals surface area contributed by atoms with Crippen molar-refractivity contribution in [3.63, 3.8) is 0 Å². The van der Waals surface area contributed by atoms with Gasteiger partial charge in [0.15, 0.2) is 5.69 Å². The van der Waals surface area contributed by atoms with Gasteiger partial charge in [0.25, 0.3) is 5.91 Å². The van der Waals surface area contributed by atoms with Crippen molar-refractivity contribution in [1.82, 2.24) is 29.8 Å². The van der Waals surface area contributed by atoms with E-state index in [1.54, 1.807) is 4.68 Å². The third-order valence-electron chi connectivity index (χ3n) is 5.23. The van der Waals surface area contributed by atoms with Crippen molar-refractivity contribution in [3.8, 4) is 0 Å². The summed E-state index contributed by atoms with van der Waals surface area (Å²) < 4.78 is 7.82. The van der Waals surface area contributed by atoms with E-state index in [1.165, 1.54) is 0 Å². The van der Waals surface area contributed by atoms with Gasteiger partial charge in [-0.05, 0) is 33.4 Å². The molecule has 0 unspecified atom stereocenters. The SMILES string of the molecule is CN(C)C[C@@H]1OCCN(C(=O)c2n[nH]c3c2CCC3)[C@H]1c1cnn(C)c1. The van der Waals surface area contributed by atoms with Crippen molar-refractivity contribution in [2.24, 2.45) is 7.05 Å². The number of morpholine rings is 1. The number of nitrogens with zero attached hydrogens (tertiary/aromatic N) is 5. The Kier molecular flexibility index (Phi) is 4.54. The van der Waals surface area contributed by atoms with Crippen LogP contribution in [0.5, 0.6) is 0 Å². The lowest BCUT2D eigenvalue weighted by Crippen LogP contribution is -2.51.